The van der Waals surface area contributed by atoms with Crippen LogP contribution in [0.3, 0.4) is 0 Å². The molecular weight excluding hydrogens is 444 g/mol. The molecule has 0 spiro atoms. The van der Waals surface area contributed by atoms with E-state index < -0.39 is 0 Å². The lowest BCUT2D eigenvalue weighted by Crippen LogP contribution is -2.20. The van der Waals surface area contributed by atoms with Crippen LogP contribution in [0, 0.1) is 13.8 Å². The fraction of sp³-hybridized carbons (Fsp3) is 0.200. The van der Waals surface area contributed by atoms with E-state index in [2.05, 4.69) is 20.8 Å². The fourth-order valence-electron chi connectivity index (χ4n) is 2.34. The molecule has 0 saturated heterocycles. The summed E-state index contributed by atoms with van der Waals surface area (Å²) in [5, 5.41) is 14.4. The number of anilines is 2. The maximum absolute atomic E-state index is 12.2. The molecule has 0 saturated carbocycles. The molecule has 0 aliphatic rings. The van der Waals surface area contributed by atoms with Gasteiger partial charge in [-0.25, -0.2) is 0 Å². The van der Waals surface area contributed by atoms with E-state index in [4.69, 9.17) is 16.3 Å². The van der Waals surface area contributed by atoms with Gasteiger partial charge in [-0.15, -0.1) is 10.2 Å². The molecule has 3 aromatic rings. The number of halogens is 1. The Morgan fingerprint density at radius 1 is 1.07 bits per heavy atom. The Hall–Kier alpha value is -2.62. The van der Waals surface area contributed by atoms with Gasteiger partial charge in [0, 0.05) is 10.7 Å². The largest absolute Gasteiger partial charge is 0.484 e. The van der Waals surface area contributed by atoms with Gasteiger partial charge in [-0.2, -0.15) is 0 Å². The summed E-state index contributed by atoms with van der Waals surface area (Å²) >= 11 is 8.26. The Bertz CT molecular complexity index is 1040. The number of aromatic nitrogens is 2. The quantitative estimate of drug-likeness (QED) is 0.376. The van der Waals surface area contributed by atoms with Gasteiger partial charge in [0.25, 0.3) is 5.91 Å². The first kappa shape index (κ1) is 22.1. The third-order valence-corrected chi connectivity index (χ3v) is 6.05. The van der Waals surface area contributed by atoms with Crippen LogP contribution >= 0.6 is 34.7 Å². The molecule has 10 heteroatoms. The Labute approximate surface area is 187 Å². The van der Waals surface area contributed by atoms with E-state index in [0.29, 0.717) is 20.2 Å². The van der Waals surface area contributed by atoms with Crippen LogP contribution in [-0.4, -0.2) is 34.4 Å². The van der Waals surface area contributed by atoms with Crippen molar-refractivity contribution in [3.63, 3.8) is 0 Å². The Morgan fingerprint density at radius 3 is 2.60 bits per heavy atom. The van der Waals surface area contributed by atoms with Crippen LogP contribution in [0.2, 0.25) is 5.02 Å². The van der Waals surface area contributed by atoms with E-state index in [9.17, 15) is 9.59 Å². The number of benzene rings is 2. The van der Waals surface area contributed by atoms with E-state index in [0.717, 1.165) is 16.8 Å². The van der Waals surface area contributed by atoms with Crippen LogP contribution < -0.4 is 15.4 Å². The van der Waals surface area contributed by atoms with Gasteiger partial charge in [0.05, 0.1) is 5.75 Å². The smallest absolute Gasteiger partial charge is 0.264 e. The molecule has 156 valence electrons. The minimum atomic E-state index is -0.356. The van der Waals surface area contributed by atoms with Crippen molar-refractivity contribution in [1.82, 2.24) is 10.2 Å². The van der Waals surface area contributed by atoms with Gasteiger partial charge >= 0.3 is 0 Å². The van der Waals surface area contributed by atoms with E-state index >= 15 is 0 Å². The summed E-state index contributed by atoms with van der Waals surface area (Å²) in [5.41, 5.74) is 2.88. The van der Waals surface area contributed by atoms with Crippen molar-refractivity contribution in [2.45, 2.75) is 18.2 Å². The Morgan fingerprint density at radius 2 is 1.83 bits per heavy atom. The second-order valence-electron chi connectivity index (χ2n) is 6.32. The van der Waals surface area contributed by atoms with Crippen molar-refractivity contribution in [3.05, 3.63) is 58.6 Å². The van der Waals surface area contributed by atoms with Crippen LogP contribution in [0.4, 0.5) is 10.8 Å². The molecule has 2 amide bonds. The summed E-state index contributed by atoms with van der Waals surface area (Å²) in [6.45, 7) is 3.75. The molecule has 3 rings (SSSR count). The molecule has 1 aromatic heterocycles. The lowest BCUT2D eigenvalue weighted by molar-refractivity contribution is -0.118. The zero-order valence-corrected chi connectivity index (χ0v) is 18.7. The van der Waals surface area contributed by atoms with Gasteiger partial charge in [0.1, 0.15) is 5.75 Å². The van der Waals surface area contributed by atoms with Crippen LogP contribution in [0.1, 0.15) is 11.1 Å². The predicted molar refractivity (Wildman–Crippen MR) is 121 cm³/mol. The summed E-state index contributed by atoms with van der Waals surface area (Å²) in [6.07, 6.45) is 0. The normalized spacial score (nSPS) is 10.5. The van der Waals surface area contributed by atoms with Gasteiger partial charge in [0.2, 0.25) is 11.0 Å². The number of carbonyl (C=O) groups excluding carboxylic acids is 2. The average molecular weight is 463 g/mol. The minimum absolute atomic E-state index is 0.133. The predicted octanol–water partition coefficient (Wildman–Crippen LogP) is 4.56. The van der Waals surface area contributed by atoms with E-state index in [-0.39, 0.29) is 24.2 Å². The van der Waals surface area contributed by atoms with Crippen LogP contribution in [0.5, 0.6) is 5.75 Å². The minimum Gasteiger partial charge on any atom is -0.484 e. The van der Waals surface area contributed by atoms with Gasteiger partial charge in [0.15, 0.2) is 10.9 Å². The standard InChI is InChI=1S/C20H19ClN4O3S2/c1-12-3-4-13(2)16(9-12)22-18(27)11-29-20-25-24-19(30-20)23-17(26)10-28-15-7-5-14(21)6-8-15/h3-9H,10-11H2,1-2H3,(H,22,27)(H,23,24,26). The lowest BCUT2D eigenvalue weighted by atomic mass is 10.1. The zero-order valence-electron chi connectivity index (χ0n) is 16.3. The number of hydrogen-bond donors (Lipinski definition) is 2. The highest BCUT2D eigenvalue weighted by molar-refractivity contribution is 8.01. The Balaban J connectivity index is 1.44. The number of ether oxygens (including phenoxy) is 1. The summed E-state index contributed by atoms with van der Waals surface area (Å²) < 4.78 is 5.97. The monoisotopic (exact) mass is 462 g/mol. The second kappa shape index (κ2) is 10.4. The van der Waals surface area contributed by atoms with E-state index in [1.165, 1.54) is 23.1 Å². The summed E-state index contributed by atoms with van der Waals surface area (Å²) in [5.74, 6) is 0.240. The topological polar surface area (TPSA) is 93.2 Å². The highest BCUT2D eigenvalue weighted by Crippen LogP contribution is 2.26. The highest BCUT2D eigenvalue weighted by atomic mass is 35.5. The van der Waals surface area contributed by atoms with Crippen LogP contribution in [0.25, 0.3) is 0 Å². The van der Waals surface area contributed by atoms with Gasteiger partial charge in [-0.3, -0.25) is 14.9 Å². The molecule has 0 unspecified atom stereocenters. The van der Waals surface area contributed by atoms with Crippen molar-refractivity contribution in [2.24, 2.45) is 0 Å². The molecule has 0 aliphatic heterocycles. The van der Waals surface area contributed by atoms with Gasteiger partial charge in [-0.1, -0.05) is 46.8 Å². The number of amides is 2. The van der Waals surface area contributed by atoms with Crippen molar-refractivity contribution < 1.29 is 14.3 Å². The summed E-state index contributed by atoms with van der Waals surface area (Å²) in [4.78, 5) is 24.2. The maximum Gasteiger partial charge on any atom is 0.264 e. The number of aryl methyl sites for hydroxylation is 2. The van der Waals surface area contributed by atoms with E-state index in [1.807, 2.05) is 32.0 Å². The lowest BCUT2D eigenvalue weighted by Gasteiger charge is -2.08. The number of nitrogens with zero attached hydrogens (tertiary/aromatic N) is 2. The first-order chi connectivity index (χ1) is 14.4. The van der Waals surface area contributed by atoms with Gasteiger partial charge in [-0.05, 0) is 55.3 Å². The molecule has 0 fully saturated rings. The molecule has 2 N–H and O–H groups in total. The molecule has 0 atom stereocenters. The molecule has 30 heavy (non-hydrogen) atoms. The first-order valence-corrected chi connectivity index (χ1v) is 11.1. The number of carbonyl (C=O) groups is 2. The van der Waals surface area contributed by atoms with Crippen molar-refractivity contribution in [2.75, 3.05) is 23.0 Å². The molecule has 1 heterocycles. The third-order valence-electron chi connectivity index (χ3n) is 3.83. The van der Waals surface area contributed by atoms with Crippen molar-refractivity contribution >= 4 is 57.3 Å². The van der Waals surface area contributed by atoms with Crippen molar-refractivity contribution in [1.29, 1.82) is 0 Å². The summed E-state index contributed by atoms with van der Waals surface area (Å²) in [7, 11) is 0. The number of hydrogen-bond acceptors (Lipinski definition) is 7. The second-order valence-corrected chi connectivity index (χ2v) is 8.96. The molecular formula is C20H19ClN4O3S2. The van der Waals surface area contributed by atoms with Crippen molar-refractivity contribution in [3.8, 4) is 5.75 Å². The average Bonchev–Trinajstić information content (AvgIpc) is 3.16. The highest BCUT2D eigenvalue weighted by Gasteiger charge is 2.12. The number of thioether (sulfide) groups is 1. The molecule has 0 radical (unpaired) electrons. The van der Waals surface area contributed by atoms with E-state index in [1.54, 1.807) is 24.3 Å². The SMILES string of the molecule is Cc1ccc(C)c(NC(=O)CSc2nnc(NC(=O)COc3ccc(Cl)cc3)s2)c1. The fourth-order valence-corrected chi connectivity index (χ4v) is 4.03. The van der Waals surface area contributed by atoms with Crippen LogP contribution in [0.15, 0.2) is 46.8 Å². The Kier molecular flexibility index (Phi) is 7.67. The first-order valence-electron chi connectivity index (χ1n) is 8.90. The number of nitrogens with one attached hydrogen (secondary N) is 2. The zero-order chi connectivity index (χ0) is 21.5. The molecule has 2 aromatic carbocycles. The maximum atomic E-state index is 12.2. The third kappa shape index (κ3) is 6.72. The molecule has 0 bridgehead atoms. The van der Waals surface area contributed by atoms with Gasteiger partial charge < -0.3 is 10.1 Å². The molecule has 7 nitrogen and oxygen atoms in total. The van der Waals surface area contributed by atoms with Crippen LogP contribution in [-0.2, 0) is 9.59 Å². The number of rotatable bonds is 8. The molecule has 0 aliphatic carbocycles. The summed E-state index contributed by atoms with van der Waals surface area (Å²) in [6, 6.07) is 12.6.